The molecule has 0 unspecified atom stereocenters. The Balaban J connectivity index is 2.62. The number of aliphatic imine (C=N–C) groups is 1. The zero-order valence-electron chi connectivity index (χ0n) is 14.7. The molecule has 0 aliphatic rings. The Morgan fingerprint density at radius 3 is 2.58 bits per heavy atom. The number of methoxy groups -OCH3 is 1. The zero-order valence-corrected chi connectivity index (χ0v) is 14.7. The number of guanidine groups is 1. The van der Waals surface area contributed by atoms with Crippen LogP contribution in [-0.4, -0.2) is 33.3 Å². The highest BCUT2D eigenvalue weighted by molar-refractivity contribution is 5.79. The smallest absolute Gasteiger partial charge is 0.387 e. The van der Waals surface area contributed by atoms with Gasteiger partial charge in [0.25, 0.3) is 0 Å². The lowest BCUT2D eigenvalue weighted by atomic mass is 10.1. The lowest BCUT2D eigenvalue weighted by Gasteiger charge is -2.15. The first kappa shape index (κ1) is 20.0. The largest absolute Gasteiger partial charge is 0.497 e. The van der Waals surface area contributed by atoms with Crippen LogP contribution in [0.15, 0.2) is 23.2 Å². The van der Waals surface area contributed by atoms with Crippen molar-refractivity contribution in [2.24, 2.45) is 10.9 Å². The van der Waals surface area contributed by atoms with Crippen LogP contribution < -0.4 is 20.1 Å². The maximum atomic E-state index is 12.5. The van der Waals surface area contributed by atoms with Crippen LogP contribution in [0.25, 0.3) is 0 Å². The topological polar surface area (TPSA) is 54.9 Å². The number of ether oxygens (including phenoxy) is 2. The number of rotatable bonds is 9. The van der Waals surface area contributed by atoms with Gasteiger partial charge in [-0.15, -0.1) is 0 Å². The van der Waals surface area contributed by atoms with Gasteiger partial charge in [-0.25, -0.2) is 0 Å². The molecule has 2 N–H and O–H groups in total. The molecule has 0 atom stereocenters. The molecule has 0 spiro atoms. The van der Waals surface area contributed by atoms with Crippen LogP contribution in [0.4, 0.5) is 8.78 Å². The molecule has 7 heteroatoms. The van der Waals surface area contributed by atoms with Crippen molar-refractivity contribution >= 4 is 5.96 Å². The summed E-state index contributed by atoms with van der Waals surface area (Å²) < 4.78 is 34.7. The van der Waals surface area contributed by atoms with Gasteiger partial charge in [-0.3, -0.25) is 4.99 Å². The molecule has 0 radical (unpaired) electrons. The Morgan fingerprint density at radius 1 is 1.25 bits per heavy atom. The van der Waals surface area contributed by atoms with Crippen LogP contribution in [0, 0.1) is 5.92 Å². The van der Waals surface area contributed by atoms with Crippen molar-refractivity contribution in [1.29, 1.82) is 0 Å². The molecule has 0 bridgehead atoms. The zero-order chi connectivity index (χ0) is 17.9. The quantitative estimate of drug-likeness (QED) is 0.410. The first-order valence-corrected chi connectivity index (χ1v) is 8.02. The van der Waals surface area contributed by atoms with E-state index in [2.05, 4.69) is 34.2 Å². The van der Waals surface area contributed by atoms with Gasteiger partial charge < -0.3 is 20.1 Å². The van der Waals surface area contributed by atoms with E-state index >= 15 is 0 Å². The summed E-state index contributed by atoms with van der Waals surface area (Å²) in [6.45, 7) is 2.59. The van der Waals surface area contributed by atoms with Crippen LogP contribution in [0.3, 0.4) is 0 Å². The maximum Gasteiger partial charge on any atom is 0.387 e. The van der Waals surface area contributed by atoms with Crippen molar-refractivity contribution in [3.05, 3.63) is 23.8 Å². The minimum atomic E-state index is -2.87. The SMILES string of the molecule is CN=C(NCCCC(C)C)NCc1cc(OC)ccc1OC(F)F. The highest BCUT2D eigenvalue weighted by Crippen LogP contribution is 2.25. The van der Waals surface area contributed by atoms with Crippen molar-refractivity contribution in [3.63, 3.8) is 0 Å². The van der Waals surface area contributed by atoms with Gasteiger partial charge in [0, 0.05) is 25.7 Å². The molecule has 0 heterocycles. The minimum Gasteiger partial charge on any atom is -0.497 e. The van der Waals surface area contributed by atoms with E-state index in [1.807, 2.05) is 0 Å². The molecule has 0 saturated carbocycles. The second-order valence-corrected chi connectivity index (χ2v) is 5.74. The highest BCUT2D eigenvalue weighted by Gasteiger charge is 2.11. The second kappa shape index (κ2) is 10.7. The van der Waals surface area contributed by atoms with Crippen LogP contribution in [0.1, 0.15) is 32.3 Å². The van der Waals surface area contributed by atoms with E-state index < -0.39 is 6.61 Å². The number of benzene rings is 1. The molecule has 136 valence electrons. The number of nitrogens with zero attached hydrogens (tertiary/aromatic N) is 1. The van der Waals surface area contributed by atoms with Crippen LogP contribution in [0.5, 0.6) is 11.5 Å². The standard InChI is InChI=1S/C17H27F2N3O2/c1-12(2)6-5-9-21-17(20-3)22-11-13-10-14(23-4)7-8-15(13)24-16(18)19/h7-8,10,12,16H,5-6,9,11H2,1-4H3,(H2,20,21,22). The molecule has 1 aromatic carbocycles. The van der Waals surface area contributed by atoms with Gasteiger partial charge in [-0.05, 0) is 37.0 Å². The van der Waals surface area contributed by atoms with Crippen LogP contribution in [-0.2, 0) is 6.54 Å². The average Bonchev–Trinajstić information content (AvgIpc) is 2.54. The molecule has 0 saturated heterocycles. The average molecular weight is 343 g/mol. The van der Waals surface area contributed by atoms with Gasteiger partial charge in [0.2, 0.25) is 0 Å². The molecule has 1 aromatic rings. The predicted molar refractivity (Wildman–Crippen MR) is 91.9 cm³/mol. The van der Waals surface area contributed by atoms with Crippen molar-refractivity contribution in [1.82, 2.24) is 10.6 Å². The molecular formula is C17H27F2N3O2. The molecule has 5 nitrogen and oxygen atoms in total. The molecule has 0 aromatic heterocycles. The fourth-order valence-corrected chi connectivity index (χ4v) is 2.15. The van der Waals surface area contributed by atoms with Gasteiger partial charge in [-0.2, -0.15) is 8.78 Å². The number of hydrogen-bond donors (Lipinski definition) is 2. The van der Waals surface area contributed by atoms with Gasteiger partial charge >= 0.3 is 6.61 Å². The first-order valence-electron chi connectivity index (χ1n) is 8.02. The summed E-state index contributed by atoms with van der Waals surface area (Å²) in [5.41, 5.74) is 0.569. The third kappa shape index (κ3) is 7.48. The third-order valence-electron chi connectivity index (χ3n) is 3.40. The molecule has 24 heavy (non-hydrogen) atoms. The third-order valence-corrected chi connectivity index (χ3v) is 3.40. The monoisotopic (exact) mass is 343 g/mol. The highest BCUT2D eigenvalue weighted by atomic mass is 19.3. The fraction of sp³-hybridized carbons (Fsp3) is 0.588. The number of alkyl halides is 2. The van der Waals surface area contributed by atoms with E-state index in [0.717, 1.165) is 19.4 Å². The Morgan fingerprint density at radius 2 is 2.00 bits per heavy atom. The van der Waals surface area contributed by atoms with E-state index in [4.69, 9.17) is 4.74 Å². The number of hydrogen-bond acceptors (Lipinski definition) is 3. The molecule has 0 fully saturated rings. The lowest BCUT2D eigenvalue weighted by Crippen LogP contribution is -2.37. The Hall–Kier alpha value is -2.05. The van der Waals surface area contributed by atoms with E-state index in [1.54, 1.807) is 19.2 Å². The van der Waals surface area contributed by atoms with E-state index in [0.29, 0.717) is 29.7 Å². The summed E-state index contributed by atoms with van der Waals surface area (Å²) in [5.74, 6) is 1.97. The minimum absolute atomic E-state index is 0.119. The van der Waals surface area contributed by atoms with E-state index in [9.17, 15) is 8.78 Å². The van der Waals surface area contributed by atoms with Crippen molar-refractivity contribution < 1.29 is 18.3 Å². The molecule has 0 aliphatic heterocycles. The van der Waals surface area contributed by atoms with Crippen molar-refractivity contribution in [3.8, 4) is 11.5 Å². The number of halogens is 2. The Bertz CT molecular complexity index is 523. The van der Waals surface area contributed by atoms with Gasteiger partial charge in [-0.1, -0.05) is 13.8 Å². The maximum absolute atomic E-state index is 12.5. The molecular weight excluding hydrogens is 316 g/mol. The summed E-state index contributed by atoms with van der Waals surface area (Å²) in [5, 5.41) is 6.30. The first-order chi connectivity index (χ1) is 11.5. The predicted octanol–water partition coefficient (Wildman–Crippen LogP) is 3.40. The summed E-state index contributed by atoms with van der Waals surface area (Å²) in [6, 6.07) is 4.72. The van der Waals surface area contributed by atoms with Crippen molar-refractivity contribution in [2.45, 2.75) is 39.8 Å². The van der Waals surface area contributed by atoms with Gasteiger partial charge in [0.15, 0.2) is 5.96 Å². The molecule has 0 amide bonds. The van der Waals surface area contributed by atoms with Crippen LogP contribution >= 0.6 is 0 Å². The van der Waals surface area contributed by atoms with Gasteiger partial charge in [0.1, 0.15) is 11.5 Å². The van der Waals surface area contributed by atoms with Gasteiger partial charge in [0.05, 0.1) is 7.11 Å². The normalized spacial score (nSPS) is 11.8. The lowest BCUT2D eigenvalue weighted by molar-refractivity contribution is -0.0504. The van der Waals surface area contributed by atoms with Crippen molar-refractivity contribution in [2.75, 3.05) is 20.7 Å². The van der Waals surface area contributed by atoms with E-state index in [1.165, 1.54) is 13.2 Å². The summed E-state index contributed by atoms with van der Waals surface area (Å²) in [7, 11) is 3.19. The molecule has 1 rings (SSSR count). The second-order valence-electron chi connectivity index (χ2n) is 5.74. The number of nitrogens with one attached hydrogen (secondary N) is 2. The Labute approximate surface area is 142 Å². The fourth-order valence-electron chi connectivity index (χ4n) is 2.15. The summed E-state index contributed by atoms with van der Waals surface area (Å²) in [4.78, 5) is 4.13. The summed E-state index contributed by atoms with van der Waals surface area (Å²) >= 11 is 0. The van der Waals surface area contributed by atoms with E-state index in [-0.39, 0.29) is 5.75 Å². The van der Waals surface area contributed by atoms with Crippen LogP contribution in [0.2, 0.25) is 0 Å². The summed E-state index contributed by atoms with van der Waals surface area (Å²) in [6.07, 6.45) is 2.17. The molecule has 0 aliphatic carbocycles. The Kier molecular flexibility index (Phi) is 8.89.